The molecular formula is C16H26N2O3. The van der Waals surface area contributed by atoms with Gasteiger partial charge >= 0.3 is 0 Å². The van der Waals surface area contributed by atoms with Gasteiger partial charge in [0, 0.05) is 12.1 Å². The van der Waals surface area contributed by atoms with E-state index < -0.39 is 0 Å². The van der Waals surface area contributed by atoms with E-state index in [1.165, 1.54) is 0 Å². The monoisotopic (exact) mass is 294 g/mol. The van der Waals surface area contributed by atoms with Gasteiger partial charge in [-0.1, -0.05) is 19.9 Å². The first-order valence-corrected chi connectivity index (χ1v) is 7.20. The summed E-state index contributed by atoms with van der Waals surface area (Å²) < 4.78 is 10.8. The molecule has 0 radical (unpaired) electrons. The van der Waals surface area contributed by atoms with Gasteiger partial charge in [-0.25, -0.2) is 0 Å². The number of nitrogens with one attached hydrogen (secondary N) is 1. The smallest absolute Gasteiger partial charge is 0.258 e. The van der Waals surface area contributed by atoms with E-state index in [1.54, 1.807) is 13.2 Å². The Morgan fingerprint density at radius 2 is 1.90 bits per heavy atom. The Hall–Kier alpha value is -1.75. The third kappa shape index (κ3) is 5.27. The van der Waals surface area contributed by atoms with Crippen LogP contribution >= 0.6 is 0 Å². The van der Waals surface area contributed by atoms with Crippen LogP contribution in [0.4, 0.5) is 0 Å². The van der Waals surface area contributed by atoms with Crippen LogP contribution < -0.4 is 20.5 Å². The fourth-order valence-corrected chi connectivity index (χ4v) is 1.69. The molecule has 21 heavy (non-hydrogen) atoms. The Kier molecular flexibility index (Phi) is 6.49. The van der Waals surface area contributed by atoms with E-state index in [0.717, 1.165) is 5.56 Å². The van der Waals surface area contributed by atoms with Crippen LogP contribution in [0.25, 0.3) is 0 Å². The zero-order chi connectivity index (χ0) is 16.0. The number of nitrogens with two attached hydrogens (primary N) is 1. The molecule has 0 heterocycles. The maximum Gasteiger partial charge on any atom is 0.258 e. The number of hydrogen-bond donors (Lipinski definition) is 2. The van der Waals surface area contributed by atoms with Gasteiger partial charge in [-0.3, -0.25) is 4.79 Å². The highest BCUT2D eigenvalue weighted by atomic mass is 16.5. The minimum atomic E-state index is -0.144. The molecule has 0 bridgehead atoms. The molecule has 5 heteroatoms. The molecule has 2 atom stereocenters. The number of hydrogen-bond acceptors (Lipinski definition) is 4. The van der Waals surface area contributed by atoms with E-state index in [2.05, 4.69) is 19.2 Å². The average molecular weight is 294 g/mol. The second-order valence-electron chi connectivity index (χ2n) is 5.59. The molecule has 0 saturated heterocycles. The van der Waals surface area contributed by atoms with Crippen molar-refractivity contribution >= 4 is 5.91 Å². The van der Waals surface area contributed by atoms with Gasteiger partial charge in [0.15, 0.2) is 18.1 Å². The minimum Gasteiger partial charge on any atom is -0.493 e. The van der Waals surface area contributed by atoms with Crippen LogP contribution in [0.3, 0.4) is 0 Å². The molecule has 1 aromatic carbocycles. The molecular weight excluding hydrogens is 268 g/mol. The second-order valence-corrected chi connectivity index (χ2v) is 5.59. The van der Waals surface area contributed by atoms with E-state index in [9.17, 15) is 4.79 Å². The number of methoxy groups -OCH3 is 1. The highest BCUT2D eigenvalue weighted by Crippen LogP contribution is 2.29. The summed E-state index contributed by atoms with van der Waals surface area (Å²) in [4.78, 5) is 11.8. The Morgan fingerprint density at radius 1 is 1.24 bits per heavy atom. The topological polar surface area (TPSA) is 73.6 Å². The van der Waals surface area contributed by atoms with Gasteiger partial charge in [0.1, 0.15) is 0 Å². The highest BCUT2D eigenvalue weighted by molar-refractivity contribution is 5.77. The number of amides is 1. The predicted octanol–water partition coefficient (Wildman–Crippen LogP) is 2.25. The normalized spacial score (nSPS) is 13.7. The summed E-state index contributed by atoms with van der Waals surface area (Å²) >= 11 is 0. The lowest BCUT2D eigenvalue weighted by Crippen LogP contribution is -2.38. The minimum absolute atomic E-state index is 0.0368. The Balaban J connectivity index is 2.65. The van der Waals surface area contributed by atoms with Crippen LogP contribution in [0.2, 0.25) is 0 Å². The van der Waals surface area contributed by atoms with Crippen LogP contribution in [0, 0.1) is 5.92 Å². The first-order chi connectivity index (χ1) is 9.85. The summed E-state index contributed by atoms with van der Waals surface area (Å²) in [6.45, 7) is 7.95. The maximum atomic E-state index is 11.8. The largest absolute Gasteiger partial charge is 0.493 e. The molecule has 1 aromatic rings. The SMILES string of the molecule is COc1cc([C@@H](C)N)ccc1OCC(=O)NC(C)C(C)C. The third-order valence-corrected chi connectivity index (χ3v) is 3.46. The second kappa shape index (κ2) is 7.88. The Labute approximate surface area is 126 Å². The van der Waals surface area contributed by atoms with Gasteiger partial charge < -0.3 is 20.5 Å². The zero-order valence-corrected chi connectivity index (χ0v) is 13.5. The van der Waals surface area contributed by atoms with Gasteiger partial charge in [0.05, 0.1) is 7.11 Å². The molecule has 0 spiro atoms. The lowest BCUT2D eigenvalue weighted by Gasteiger charge is -2.18. The average Bonchev–Trinajstić information content (AvgIpc) is 2.44. The molecule has 1 unspecified atom stereocenters. The van der Waals surface area contributed by atoms with Crippen molar-refractivity contribution in [3.63, 3.8) is 0 Å². The quantitative estimate of drug-likeness (QED) is 0.809. The summed E-state index contributed by atoms with van der Waals surface area (Å²) in [6.07, 6.45) is 0. The number of carbonyl (C=O) groups excluding carboxylic acids is 1. The van der Waals surface area contributed by atoms with Crippen molar-refractivity contribution in [2.24, 2.45) is 11.7 Å². The van der Waals surface area contributed by atoms with Gasteiger partial charge in [0.2, 0.25) is 0 Å². The van der Waals surface area contributed by atoms with Crippen LogP contribution in [-0.4, -0.2) is 25.7 Å². The van der Waals surface area contributed by atoms with E-state index in [1.807, 2.05) is 26.0 Å². The fraction of sp³-hybridized carbons (Fsp3) is 0.562. The molecule has 1 rings (SSSR count). The lowest BCUT2D eigenvalue weighted by molar-refractivity contribution is -0.124. The first kappa shape index (κ1) is 17.3. The maximum absolute atomic E-state index is 11.8. The van der Waals surface area contributed by atoms with Crippen LogP contribution in [0.1, 0.15) is 39.3 Å². The van der Waals surface area contributed by atoms with Crippen molar-refractivity contribution in [2.75, 3.05) is 13.7 Å². The van der Waals surface area contributed by atoms with Gasteiger partial charge in [-0.2, -0.15) is 0 Å². The number of ether oxygens (including phenoxy) is 2. The third-order valence-electron chi connectivity index (χ3n) is 3.46. The van der Waals surface area contributed by atoms with Crippen molar-refractivity contribution in [1.29, 1.82) is 0 Å². The molecule has 5 nitrogen and oxygen atoms in total. The summed E-state index contributed by atoms with van der Waals surface area (Å²) in [7, 11) is 1.56. The van der Waals surface area contributed by atoms with E-state index in [0.29, 0.717) is 17.4 Å². The van der Waals surface area contributed by atoms with Gasteiger partial charge in [-0.05, 0) is 37.5 Å². The summed E-state index contributed by atoms with van der Waals surface area (Å²) in [5.41, 5.74) is 6.79. The van der Waals surface area contributed by atoms with Crippen LogP contribution in [-0.2, 0) is 4.79 Å². The molecule has 1 amide bonds. The van der Waals surface area contributed by atoms with Crippen LogP contribution in [0.5, 0.6) is 11.5 Å². The molecule has 0 aliphatic carbocycles. The van der Waals surface area contributed by atoms with Gasteiger partial charge in [0.25, 0.3) is 5.91 Å². The van der Waals surface area contributed by atoms with Crippen molar-refractivity contribution in [1.82, 2.24) is 5.32 Å². The molecule has 0 fully saturated rings. The van der Waals surface area contributed by atoms with E-state index >= 15 is 0 Å². The fourth-order valence-electron chi connectivity index (χ4n) is 1.69. The highest BCUT2D eigenvalue weighted by Gasteiger charge is 2.13. The van der Waals surface area contributed by atoms with Crippen LogP contribution in [0.15, 0.2) is 18.2 Å². The summed E-state index contributed by atoms with van der Waals surface area (Å²) in [5.74, 6) is 1.35. The van der Waals surface area contributed by atoms with E-state index in [4.69, 9.17) is 15.2 Å². The lowest BCUT2D eigenvalue weighted by atomic mass is 10.1. The molecule has 118 valence electrons. The number of rotatable bonds is 7. The zero-order valence-electron chi connectivity index (χ0n) is 13.5. The molecule has 3 N–H and O–H groups in total. The standard InChI is InChI=1S/C16H26N2O3/c1-10(2)12(4)18-16(19)9-21-14-7-6-13(11(3)17)8-15(14)20-5/h6-8,10-12H,9,17H2,1-5H3,(H,18,19)/t11-,12?/m1/s1. The Bertz CT molecular complexity index is 473. The van der Waals surface area contributed by atoms with Crippen molar-refractivity contribution in [3.8, 4) is 11.5 Å². The number of carbonyl (C=O) groups is 1. The molecule has 0 saturated carbocycles. The Morgan fingerprint density at radius 3 is 2.43 bits per heavy atom. The van der Waals surface area contributed by atoms with Crippen molar-refractivity contribution in [2.45, 2.75) is 39.8 Å². The van der Waals surface area contributed by atoms with Crippen molar-refractivity contribution in [3.05, 3.63) is 23.8 Å². The van der Waals surface area contributed by atoms with Crippen molar-refractivity contribution < 1.29 is 14.3 Å². The van der Waals surface area contributed by atoms with Gasteiger partial charge in [-0.15, -0.1) is 0 Å². The summed E-state index contributed by atoms with van der Waals surface area (Å²) in [6, 6.07) is 5.51. The number of benzene rings is 1. The predicted molar refractivity (Wildman–Crippen MR) is 83.5 cm³/mol. The summed E-state index contributed by atoms with van der Waals surface area (Å²) in [5, 5.41) is 2.89. The molecule has 0 aliphatic heterocycles. The molecule has 0 aliphatic rings. The first-order valence-electron chi connectivity index (χ1n) is 7.20. The molecule has 0 aromatic heterocycles. The van der Waals surface area contributed by atoms with E-state index in [-0.39, 0.29) is 24.6 Å².